The quantitative estimate of drug-likeness (QED) is 0.667. The largest absolute Gasteiger partial charge is 0.356 e. The molecule has 4 rings (SSSR count). The molecule has 1 saturated carbocycles. The lowest BCUT2D eigenvalue weighted by atomic mass is 9.92. The van der Waals surface area contributed by atoms with Gasteiger partial charge in [0.05, 0.1) is 0 Å². The van der Waals surface area contributed by atoms with Crippen LogP contribution in [0.4, 0.5) is 5.82 Å². The van der Waals surface area contributed by atoms with Crippen molar-refractivity contribution in [3.63, 3.8) is 0 Å². The molecule has 3 heterocycles. The lowest BCUT2D eigenvalue weighted by molar-refractivity contribution is -0.121. The Kier molecular flexibility index (Phi) is 6.70. The number of hydrogen-bond donors (Lipinski definition) is 0. The lowest BCUT2D eigenvalue weighted by Gasteiger charge is -2.36. The molecule has 1 amide bonds. The highest BCUT2D eigenvalue weighted by atomic mass is 16.1. The molecule has 6 heteroatoms. The van der Waals surface area contributed by atoms with Crippen LogP contribution in [0.25, 0.3) is 11.1 Å². The van der Waals surface area contributed by atoms with Gasteiger partial charge in [0.15, 0.2) is 0 Å². The van der Waals surface area contributed by atoms with Crippen LogP contribution >= 0.6 is 0 Å². The van der Waals surface area contributed by atoms with Crippen LogP contribution in [0.1, 0.15) is 51.4 Å². The van der Waals surface area contributed by atoms with Gasteiger partial charge in [0.1, 0.15) is 12.1 Å². The molecular formula is C23H31N5O. The fourth-order valence-corrected chi connectivity index (χ4v) is 4.77. The monoisotopic (exact) mass is 393 g/mol. The molecule has 0 radical (unpaired) electrons. The summed E-state index contributed by atoms with van der Waals surface area (Å²) in [7, 11) is 0. The van der Waals surface area contributed by atoms with E-state index in [-0.39, 0.29) is 0 Å². The average molecular weight is 394 g/mol. The summed E-state index contributed by atoms with van der Waals surface area (Å²) in [5.74, 6) is 1.66. The summed E-state index contributed by atoms with van der Waals surface area (Å²) in [6.45, 7) is 2.97. The van der Waals surface area contributed by atoms with Crippen molar-refractivity contribution in [2.75, 3.05) is 24.5 Å². The second-order valence-electron chi connectivity index (χ2n) is 8.41. The minimum atomic E-state index is 0.470. The van der Waals surface area contributed by atoms with E-state index in [0.717, 1.165) is 49.4 Å². The van der Waals surface area contributed by atoms with Gasteiger partial charge in [-0.25, -0.2) is 15.0 Å². The van der Waals surface area contributed by atoms with Crippen molar-refractivity contribution in [1.29, 1.82) is 0 Å². The highest BCUT2D eigenvalue weighted by Crippen LogP contribution is 2.27. The van der Waals surface area contributed by atoms with Gasteiger partial charge in [-0.2, -0.15) is 0 Å². The second-order valence-corrected chi connectivity index (χ2v) is 8.41. The standard InChI is InChI=1S/C23H31N5O/c29-18-28(22-6-2-1-3-7-22)12-10-19-5-4-11-27(16-19)23-9-8-20(15-26-23)21-13-24-17-25-14-21/h8-9,13-15,17-19,22H,1-7,10-12,16H2. The topological polar surface area (TPSA) is 62.2 Å². The molecule has 1 saturated heterocycles. The van der Waals surface area contributed by atoms with Gasteiger partial charge >= 0.3 is 0 Å². The Bertz CT molecular complexity index is 761. The van der Waals surface area contributed by atoms with E-state index in [4.69, 9.17) is 4.98 Å². The third-order valence-corrected chi connectivity index (χ3v) is 6.46. The van der Waals surface area contributed by atoms with E-state index in [1.165, 1.54) is 44.9 Å². The Balaban J connectivity index is 1.32. The van der Waals surface area contributed by atoms with Crippen LogP contribution in [0.15, 0.2) is 37.1 Å². The van der Waals surface area contributed by atoms with Gasteiger partial charge in [0.25, 0.3) is 0 Å². The Morgan fingerprint density at radius 1 is 1.00 bits per heavy atom. The van der Waals surface area contributed by atoms with Crippen molar-refractivity contribution in [3.05, 3.63) is 37.1 Å². The van der Waals surface area contributed by atoms with Crippen molar-refractivity contribution < 1.29 is 4.79 Å². The Labute approximate surface area is 173 Å². The van der Waals surface area contributed by atoms with E-state index < -0.39 is 0 Å². The molecular weight excluding hydrogens is 362 g/mol. The van der Waals surface area contributed by atoms with Gasteiger partial charge in [-0.1, -0.05) is 19.3 Å². The summed E-state index contributed by atoms with van der Waals surface area (Å²) in [5.41, 5.74) is 2.02. The zero-order valence-electron chi connectivity index (χ0n) is 17.1. The number of rotatable bonds is 7. The fourth-order valence-electron chi connectivity index (χ4n) is 4.77. The minimum Gasteiger partial charge on any atom is -0.356 e. The lowest BCUT2D eigenvalue weighted by Crippen LogP contribution is -2.40. The number of pyridine rings is 1. The predicted octanol–water partition coefficient (Wildman–Crippen LogP) is 3.94. The number of nitrogens with zero attached hydrogens (tertiary/aromatic N) is 5. The maximum Gasteiger partial charge on any atom is 0.209 e. The van der Waals surface area contributed by atoms with Crippen LogP contribution < -0.4 is 4.90 Å². The first-order chi connectivity index (χ1) is 14.3. The molecule has 2 aromatic heterocycles. The first kappa shape index (κ1) is 19.8. The van der Waals surface area contributed by atoms with Crippen molar-refractivity contribution in [3.8, 4) is 11.1 Å². The highest BCUT2D eigenvalue weighted by molar-refractivity contribution is 5.62. The molecule has 1 unspecified atom stereocenters. The normalized spacial score (nSPS) is 20.4. The van der Waals surface area contributed by atoms with Gasteiger partial charge in [-0.15, -0.1) is 0 Å². The summed E-state index contributed by atoms with van der Waals surface area (Å²) >= 11 is 0. The van der Waals surface area contributed by atoms with E-state index >= 15 is 0 Å². The summed E-state index contributed by atoms with van der Waals surface area (Å²) in [6.07, 6.45) is 17.9. The molecule has 1 aliphatic carbocycles. The van der Waals surface area contributed by atoms with Gasteiger partial charge in [0, 0.05) is 55.4 Å². The SMILES string of the molecule is O=CN(CCC1CCCN(c2ccc(-c3cncnc3)cn2)C1)C1CCCCC1. The third-order valence-electron chi connectivity index (χ3n) is 6.46. The van der Waals surface area contributed by atoms with Crippen molar-refractivity contribution in [2.45, 2.75) is 57.4 Å². The number of anilines is 1. The molecule has 2 fully saturated rings. The molecule has 0 N–H and O–H groups in total. The molecule has 0 bridgehead atoms. The Morgan fingerprint density at radius 2 is 1.83 bits per heavy atom. The van der Waals surface area contributed by atoms with Crippen LogP contribution in [0.3, 0.4) is 0 Å². The molecule has 2 aromatic rings. The van der Waals surface area contributed by atoms with Gasteiger partial charge in [0.2, 0.25) is 6.41 Å². The zero-order chi connectivity index (χ0) is 19.9. The van der Waals surface area contributed by atoms with Gasteiger partial charge in [-0.05, 0) is 50.2 Å². The predicted molar refractivity (Wildman–Crippen MR) is 114 cm³/mol. The molecule has 1 aliphatic heterocycles. The maximum atomic E-state index is 11.6. The number of amides is 1. The molecule has 0 spiro atoms. The van der Waals surface area contributed by atoms with Gasteiger partial charge in [-0.3, -0.25) is 4.79 Å². The maximum absolute atomic E-state index is 11.6. The number of aromatic nitrogens is 3. The zero-order valence-corrected chi connectivity index (χ0v) is 17.1. The first-order valence-corrected chi connectivity index (χ1v) is 11.0. The van der Waals surface area contributed by atoms with E-state index in [9.17, 15) is 4.79 Å². The average Bonchev–Trinajstić information content (AvgIpc) is 2.81. The van der Waals surface area contributed by atoms with Crippen LogP contribution in [0, 0.1) is 5.92 Å². The second kappa shape index (κ2) is 9.81. The third kappa shape index (κ3) is 5.11. The van der Waals surface area contributed by atoms with Crippen LogP contribution in [0.5, 0.6) is 0 Å². The van der Waals surface area contributed by atoms with E-state index in [0.29, 0.717) is 12.0 Å². The number of piperidine rings is 1. The number of carbonyl (C=O) groups is 1. The number of carbonyl (C=O) groups excluding carboxylic acids is 1. The van der Waals surface area contributed by atoms with Crippen LogP contribution in [0.2, 0.25) is 0 Å². The molecule has 1 atom stereocenters. The Hall–Kier alpha value is -2.50. The van der Waals surface area contributed by atoms with Crippen LogP contribution in [-0.2, 0) is 4.79 Å². The first-order valence-electron chi connectivity index (χ1n) is 11.0. The minimum absolute atomic E-state index is 0.470. The summed E-state index contributed by atoms with van der Waals surface area (Å²) in [6, 6.07) is 4.67. The highest BCUT2D eigenvalue weighted by Gasteiger charge is 2.24. The Morgan fingerprint density at radius 3 is 2.55 bits per heavy atom. The van der Waals surface area contributed by atoms with Crippen molar-refractivity contribution in [1.82, 2.24) is 19.9 Å². The fraction of sp³-hybridized carbons (Fsp3) is 0.565. The molecule has 2 aliphatic rings. The molecule has 29 heavy (non-hydrogen) atoms. The van der Waals surface area contributed by atoms with Crippen molar-refractivity contribution in [2.24, 2.45) is 5.92 Å². The van der Waals surface area contributed by atoms with Gasteiger partial charge < -0.3 is 9.80 Å². The van der Waals surface area contributed by atoms with E-state index in [1.807, 2.05) is 18.6 Å². The summed E-state index contributed by atoms with van der Waals surface area (Å²) in [4.78, 5) is 28.9. The van der Waals surface area contributed by atoms with Crippen molar-refractivity contribution >= 4 is 12.2 Å². The smallest absolute Gasteiger partial charge is 0.209 e. The molecule has 6 nitrogen and oxygen atoms in total. The van der Waals surface area contributed by atoms with E-state index in [2.05, 4.69) is 31.9 Å². The van der Waals surface area contributed by atoms with E-state index in [1.54, 1.807) is 6.33 Å². The summed E-state index contributed by atoms with van der Waals surface area (Å²) in [5, 5.41) is 0. The molecule has 154 valence electrons. The van der Waals surface area contributed by atoms with Crippen LogP contribution in [-0.4, -0.2) is 51.9 Å². The molecule has 0 aromatic carbocycles. The number of hydrogen-bond acceptors (Lipinski definition) is 5. The summed E-state index contributed by atoms with van der Waals surface area (Å²) < 4.78 is 0.